The van der Waals surface area contributed by atoms with Gasteiger partial charge in [0.25, 0.3) is 0 Å². The molecule has 1 aromatic heterocycles. The van der Waals surface area contributed by atoms with Gasteiger partial charge in [-0.25, -0.2) is 8.78 Å². The second kappa shape index (κ2) is 13.4. The van der Waals surface area contributed by atoms with Crippen molar-refractivity contribution < 1.29 is 28.5 Å². The number of carbonyl (C=O) groups is 1. The number of methoxy groups -OCH3 is 1. The van der Waals surface area contributed by atoms with Crippen molar-refractivity contribution in [1.82, 2.24) is 9.88 Å². The van der Waals surface area contributed by atoms with Gasteiger partial charge >= 0.3 is 5.97 Å². The number of piperidine rings is 1. The molecule has 6 nitrogen and oxygen atoms in total. The van der Waals surface area contributed by atoms with Gasteiger partial charge in [-0.2, -0.15) is 0 Å². The van der Waals surface area contributed by atoms with Crippen molar-refractivity contribution in [2.45, 2.75) is 43.1 Å². The summed E-state index contributed by atoms with van der Waals surface area (Å²) in [5.41, 5.74) is 1.59. The second-order valence-electron chi connectivity index (χ2n) is 9.89. The Balaban J connectivity index is 1.31. The van der Waals surface area contributed by atoms with Crippen LogP contribution in [0.15, 0.2) is 53.6 Å². The fraction of sp³-hybridized carbons (Fsp3) is 0.448. The minimum atomic E-state index is -0.807. The number of rotatable bonds is 12. The number of aliphatic hydroxyl groups excluding tert-OH is 1. The topological polar surface area (TPSA) is 82.9 Å². The molecule has 2 heterocycles. The number of nitrogens with zero attached hydrogens (tertiary/aromatic N) is 2. The van der Waals surface area contributed by atoms with Gasteiger partial charge in [-0.05, 0) is 98.3 Å². The highest BCUT2D eigenvalue weighted by Crippen LogP contribution is 2.35. The molecular formula is C29H34F2N2O4S. The van der Waals surface area contributed by atoms with Gasteiger partial charge in [0.2, 0.25) is 0 Å². The first-order valence-corrected chi connectivity index (χ1v) is 13.9. The number of thioether (sulfide) groups is 1. The van der Waals surface area contributed by atoms with E-state index in [9.17, 15) is 23.8 Å². The van der Waals surface area contributed by atoms with Gasteiger partial charge < -0.3 is 19.8 Å². The zero-order valence-electron chi connectivity index (χ0n) is 21.5. The highest BCUT2D eigenvalue weighted by Gasteiger charge is 2.31. The first-order valence-electron chi connectivity index (χ1n) is 13.0. The summed E-state index contributed by atoms with van der Waals surface area (Å²) in [5.74, 6) is -0.311. The molecule has 0 bridgehead atoms. The van der Waals surface area contributed by atoms with Crippen LogP contribution in [0.2, 0.25) is 0 Å². The van der Waals surface area contributed by atoms with E-state index >= 15 is 0 Å². The maximum atomic E-state index is 13.4. The quantitative estimate of drug-likeness (QED) is 0.216. The van der Waals surface area contributed by atoms with Gasteiger partial charge in [0.05, 0.1) is 18.7 Å². The Kier molecular flexibility index (Phi) is 9.93. The molecule has 2 N–H and O–H groups in total. The molecule has 0 radical (unpaired) electrons. The molecule has 3 atom stereocenters. The summed E-state index contributed by atoms with van der Waals surface area (Å²) in [5, 5.41) is 21.4. The van der Waals surface area contributed by atoms with Crippen molar-refractivity contribution in [1.29, 1.82) is 0 Å². The second-order valence-corrected chi connectivity index (χ2v) is 11.1. The van der Waals surface area contributed by atoms with Crippen molar-refractivity contribution in [2.24, 2.45) is 11.8 Å². The molecule has 38 heavy (non-hydrogen) atoms. The van der Waals surface area contributed by atoms with Gasteiger partial charge in [-0.15, -0.1) is 11.8 Å². The number of aliphatic hydroxyl groups is 1. The molecule has 0 aliphatic carbocycles. The van der Waals surface area contributed by atoms with Crippen LogP contribution in [0, 0.1) is 23.5 Å². The monoisotopic (exact) mass is 544 g/mol. The van der Waals surface area contributed by atoms with Crippen molar-refractivity contribution in [2.75, 3.05) is 32.5 Å². The number of benzene rings is 2. The van der Waals surface area contributed by atoms with Crippen LogP contribution >= 0.6 is 11.8 Å². The van der Waals surface area contributed by atoms with Gasteiger partial charge in [0.15, 0.2) is 0 Å². The highest BCUT2D eigenvalue weighted by molar-refractivity contribution is 7.99. The molecule has 9 heteroatoms. The fourth-order valence-corrected chi connectivity index (χ4v) is 6.28. The number of fused-ring (bicyclic) bond motifs is 1. The number of carboxylic acid groups (broad SMARTS) is 1. The summed E-state index contributed by atoms with van der Waals surface area (Å²) < 4.78 is 32.1. The minimum Gasteiger partial charge on any atom is -0.497 e. The van der Waals surface area contributed by atoms with Crippen molar-refractivity contribution >= 4 is 28.6 Å². The Morgan fingerprint density at radius 1 is 1.18 bits per heavy atom. The van der Waals surface area contributed by atoms with Crippen LogP contribution in [0.3, 0.4) is 0 Å². The van der Waals surface area contributed by atoms with E-state index in [1.807, 2.05) is 24.3 Å². The van der Waals surface area contributed by atoms with E-state index in [0.717, 1.165) is 60.6 Å². The van der Waals surface area contributed by atoms with E-state index in [-0.39, 0.29) is 18.3 Å². The SMILES string of the molecule is COc1ccc2nccc(C(O)CC[C@@H]3CCN(CCCSc4cc(F)cc(F)c4)C[C@@H]3CC(=O)O)c2c1. The van der Waals surface area contributed by atoms with Crippen LogP contribution in [-0.2, 0) is 4.79 Å². The predicted molar refractivity (Wildman–Crippen MR) is 144 cm³/mol. The maximum absolute atomic E-state index is 13.4. The first-order chi connectivity index (χ1) is 18.3. The summed E-state index contributed by atoms with van der Waals surface area (Å²) >= 11 is 1.42. The van der Waals surface area contributed by atoms with Crippen LogP contribution in [-0.4, -0.2) is 58.6 Å². The summed E-state index contributed by atoms with van der Waals surface area (Å²) in [7, 11) is 1.60. The summed E-state index contributed by atoms with van der Waals surface area (Å²) in [6.07, 6.45) is 4.11. The van der Waals surface area contributed by atoms with Crippen LogP contribution in [0.4, 0.5) is 8.78 Å². The molecule has 3 aromatic rings. The number of carboxylic acids is 1. The van der Waals surface area contributed by atoms with E-state index in [2.05, 4.69) is 9.88 Å². The molecule has 0 spiro atoms. The van der Waals surface area contributed by atoms with Gasteiger partial charge in [-0.3, -0.25) is 9.78 Å². The number of pyridine rings is 1. The number of hydrogen-bond donors (Lipinski definition) is 2. The number of hydrogen-bond acceptors (Lipinski definition) is 6. The molecule has 204 valence electrons. The molecular weight excluding hydrogens is 510 g/mol. The Hall–Kier alpha value is -2.75. The molecule has 1 aliphatic rings. The molecule has 1 unspecified atom stereocenters. The largest absolute Gasteiger partial charge is 0.497 e. The number of aliphatic carboxylic acids is 1. The lowest BCUT2D eigenvalue weighted by molar-refractivity contribution is -0.139. The van der Waals surface area contributed by atoms with Gasteiger partial charge in [0, 0.05) is 35.5 Å². The third-order valence-electron chi connectivity index (χ3n) is 7.29. The number of aromatic nitrogens is 1. The third-order valence-corrected chi connectivity index (χ3v) is 8.35. The van der Waals surface area contributed by atoms with E-state index in [0.29, 0.717) is 23.6 Å². The smallest absolute Gasteiger partial charge is 0.303 e. The average molecular weight is 545 g/mol. The lowest BCUT2D eigenvalue weighted by Gasteiger charge is -2.38. The summed E-state index contributed by atoms with van der Waals surface area (Å²) in [6.45, 7) is 2.37. The standard InChI is InChI=1S/C29H34F2N2O4S/c1-37-23-4-5-27-26(17-23)25(7-9-32-27)28(34)6-3-19-8-11-33(18-20(19)13-29(35)36)10-2-12-38-24-15-21(30)14-22(31)16-24/h4-5,7,9,14-17,19-20,28,34H,2-3,6,8,10-13,18H2,1H3,(H,35,36)/t19-,20+,28?/m1/s1. The number of ether oxygens (including phenoxy) is 1. The van der Waals surface area contributed by atoms with Crippen LogP contribution in [0.1, 0.15) is 43.8 Å². The molecule has 0 saturated carbocycles. The zero-order chi connectivity index (χ0) is 27.1. The zero-order valence-corrected chi connectivity index (χ0v) is 22.3. The van der Waals surface area contributed by atoms with Crippen molar-refractivity contribution in [3.8, 4) is 5.75 Å². The van der Waals surface area contributed by atoms with Crippen molar-refractivity contribution in [3.63, 3.8) is 0 Å². The Labute approximate surface area is 226 Å². The molecule has 1 fully saturated rings. The lowest BCUT2D eigenvalue weighted by Crippen LogP contribution is -2.42. The maximum Gasteiger partial charge on any atom is 0.303 e. The Morgan fingerprint density at radius 2 is 1.97 bits per heavy atom. The molecule has 2 aromatic carbocycles. The van der Waals surface area contributed by atoms with Gasteiger partial charge in [-0.1, -0.05) is 0 Å². The highest BCUT2D eigenvalue weighted by atomic mass is 32.2. The number of halogens is 2. The molecule has 1 saturated heterocycles. The van der Waals surface area contributed by atoms with Crippen molar-refractivity contribution in [3.05, 3.63) is 65.9 Å². The van der Waals surface area contributed by atoms with E-state index < -0.39 is 23.7 Å². The van der Waals surface area contributed by atoms with Gasteiger partial charge in [0.1, 0.15) is 17.4 Å². The Bertz CT molecular complexity index is 1220. The van der Waals surface area contributed by atoms with Crippen LogP contribution in [0.25, 0.3) is 10.9 Å². The Morgan fingerprint density at radius 3 is 2.71 bits per heavy atom. The molecule has 1 aliphatic heterocycles. The average Bonchev–Trinajstić information content (AvgIpc) is 2.89. The summed E-state index contributed by atoms with van der Waals surface area (Å²) in [6, 6.07) is 11.0. The lowest BCUT2D eigenvalue weighted by atomic mass is 9.79. The van der Waals surface area contributed by atoms with Crippen LogP contribution in [0.5, 0.6) is 5.75 Å². The predicted octanol–water partition coefficient (Wildman–Crippen LogP) is 5.93. The van der Waals surface area contributed by atoms with E-state index in [1.165, 1.54) is 23.9 Å². The van der Waals surface area contributed by atoms with Crippen LogP contribution < -0.4 is 4.74 Å². The minimum absolute atomic E-state index is 0.00713. The number of likely N-dealkylation sites (tertiary alicyclic amines) is 1. The van der Waals surface area contributed by atoms with E-state index in [4.69, 9.17) is 4.74 Å². The molecule has 4 rings (SSSR count). The van der Waals surface area contributed by atoms with E-state index in [1.54, 1.807) is 13.3 Å². The fourth-order valence-electron chi connectivity index (χ4n) is 5.38. The first kappa shape index (κ1) is 28.3. The third kappa shape index (κ3) is 7.65. The normalized spacial score (nSPS) is 18.9. The summed E-state index contributed by atoms with van der Waals surface area (Å²) in [4.78, 5) is 18.9. The molecule has 0 amide bonds.